The van der Waals surface area contributed by atoms with Crippen molar-refractivity contribution >= 4 is 16.7 Å². The van der Waals surface area contributed by atoms with Crippen LogP contribution in [0.4, 0.5) is 8.78 Å². The number of rotatable bonds is 5. The molecule has 0 atom stereocenters. The van der Waals surface area contributed by atoms with Crippen LogP contribution in [0.3, 0.4) is 0 Å². The van der Waals surface area contributed by atoms with Gasteiger partial charge in [-0.05, 0) is 68.0 Å². The van der Waals surface area contributed by atoms with Crippen LogP contribution in [0, 0.1) is 25.5 Å². The molecule has 5 nitrogen and oxygen atoms in total. The number of benzene rings is 2. The molecule has 1 saturated carbocycles. The lowest BCUT2D eigenvalue weighted by molar-refractivity contribution is 0.0951. The maximum Gasteiger partial charge on any atom is 0.266 e. The standard InChI is InChI=1S/C27H23F2N3O2/c1-15-22(10-5-13-30-15)32-16(2)23(19-7-4-9-21(29)25(19)27(32)34)26(33)31-14-18-6-3-8-20(28)24(18)17-11-12-17/h3-10,13,17H,11-12,14H2,1-2H3,(H,31,33). The van der Waals surface area contributed by atoms with Crippen LogP contribution in [0.5, 0.6) is 0 Å². The molecule has 1 fully saturated rings. The van der Waals surface area contributed by atoms with E-state index in [9.17, 15) is 18.4 Å². The van der Waals surface area contributed by atoms with Crippen molar-refractivity contribution in [2.45, 2.75) is 39.2 Å². The number of fused-ring (bicyclic) bond motifs is 1. The Bertz CT molecular complexity index is 1510. The summed E-state index contributed by atoms with van der Waals surface area (Å²) in [5, 5.41) is 2.95. The molecule has 0 bridgehead atoms. The number of carbonyl (C=O) groups is 1. The fraction of sp³-hybridized carbons (Fsp3) is 0.222. The molecule has 0 saturated heterocycles. The molecule has 4 aromatic rings. The Hall–Kier alpha value is -3.87. The summed E-state index contributed by atoms with van der Waals surface area (Å²) in [7, 11) is 0. The molecule has 2 aromatic carbocycles. The van der Waals surface area contributed by atoms with Crippen LogP contribution in [0.1, 0.15) is 51.6 Å². The molecular weight excluding hydrogens is 436 g/mol. The van der Waals surface area contributed by atoms with Gasteiger partial charge in [0.25, 0.3) is 11.5 Å². The first-order valence-corrected chi connectivity index (χ1v) is 11.2. The van der Waals surface area contributed by atoms with E-state index in [1.165, 1.54) is 22.8 Å². The molecule has 0 spiro atoms. The van der Waals surface area contributed by atoms with Crippen molar-refractivity contribution in [3.05, 3.63) is 105 Å². The molecule has 1 N–H and O–H groups in total. The molecule has 0 radical (unpaired) electrons. The SMILES string of the molecule is Cc1ncccc1-n1c(C)c(C(=O)NCc2cccc(F)c2C2CC2)c2cccc(F)c2c1=O. The Labute approximate surface area is 195 Å². The van der Waals surface area contributed by atoms with Crippen LogP contribution in [-0.2, 0) is 6.54 Å². The normalized spacial score (nSPS) is 13.3. The molecular formula is C27H23F2N3O2. The van der Waals surface area contributed by atoms with Crippen LogP contribution in [0.2, 0.25) is 0 Å². The van der Waals surface area contributed by atoms with Gasteiger partial charge < -0.3 is 5.32 Å². The van der Waals surface area contributed by atoms with Crippen LogP contribution < -0.4 is 10.9 Å². The lowest BCUT2D eigenvalue weighted by Gasteiger charge is -2.19. The van der Waals surface area contributed by atoms with Crippen molar-refractivity contribution < 1.29 is 13.6 Å². The van der Waals surface area contributed by atoms with Gasteiger partial charge in [0.2, 0.25) is 0 Å². The third-order valence-corrected chi connectivity index (χ3v) is 6.41. The smallest absolute Gasteiger partial charge is 0.266 e. The van der Waals surface area contributed by atoms with Gasteiger partial charge in [-0.1, -0.05) is 24.3 Å². The Morgan fingerprint density at radius 3 is 2.53 bits per heavy atom. The lowest BCUT2D eigenvalue weighted by atomic mass is 10.0. The van der Waals surface area contributed by atoms with E-state index in [0.29, 0.717) is 22.6 Å². The maximum absolute atomic E-state index is 14.9. The second kappa shape index (κ2) is 8.48. The maximum atomic E-state index is 14.9. The van der Waals surface area contributed by atoms with E-state index in [1.54, 1.807) is 44.3 Å². The molecule has 2 aromatic heterocycles. The zero-order valence-electron chi connectivity index (χ0n) is 18.9. The van der Waals surface area contributed by atoms with Gasteiger partial charge in [-0.15, -0.1) is 0 Å². The molecule has 172 valence electrons. The third kappa shape index (κ3) is 3.67. The minimum Gasteiger partial charge on any atom is -0.348 e. The number of hydrogen-bond acceptors (Lipinski definition) is 3. The quantitative estimate of drug-likeness (QED) is 0.452. The number of halogens is 2. The van der Waals surface area contributed by atoms with Gasteiger partial charge in [0, 0.05) is 23.8 Å². The average molecular weight is 459 g/mol. The summed E-state index contributed by atoms with van der Waals surface area (Å²) in [6, 6.07) is 12.5. The van der Waals surface area contributed by atoms with E-state index >= 15 is 0 Å². The van der Waals surface area contributed by atoms with Gasteiger partial charge >= 0.3 is 0 Å². The first-order valence-electron chi connectivity index (χ1n) is 11.2. The summed E-state index contributed by atoms with van der Waals surface area (Å²) in [6.45, 7) is 3.53. The van der Waals surface area contributed by atoms with E-state index in [0.717, 1.165) is 18.4 Å². The van der Waals surface area contributed by atoms with E-state index < -0.39 is 17.3 Å². The van der Waals surface area contributed by atoms with Gasteiger partial charge in [-0.3, -0.25) is 19.1 Å². The first kappa shape index (κ1) is 21.9. The number of aryl methyl sites for hydroxylation is 1. The fourth-order valence-electron chi connectivity index (χ4n) is 4.64. The highest BCUT2D eigenvalue weighted by Crippen LogP contribution is 2.43. The van der Waals surface area contributed by atoms with Crippen LogP contribution in [0.25, 0.3) is 16.5 Å². The van der Waals surface area contributed by atoms with E-state index in [4.69, 9.17) is 0 Å². The van der Waals surface area contributed by atoms with E-state index in [2.05, 4.69) is 10.3 Å². The minimum absolute atomic E-state index is 0.129. The summed E-state index contributed by atoms with van der Waals surface area (Å²) in [6.07, 6.45) is 3.46. The molecule has 0 unspecified atom stereocenters. The summed E-state index contributed by atoms with van der Waals surface area (Å²) in [5.41, 5.74) is 2.43. The summed E-state index contributed by atoms with van der Waals surface area (Å²) < 4.78 is 30.6. The minimum atomic E-state index is -0.701. The average Bonchev–Trinajstić information content (AvgIpc) is 3.64. The molecule has 2 heterocycles. The zero-order chi connectivity index (χ0) is 24.0. The summed E-state index contributed by atoms with van der Waals surface area (Å²) in [4.78, 5) is 31.1. The molecule has 1 aliphatic carbocycles. The second-order valence-electron chi connectivity index (χ2n) is 8.64. The molecule has 34 heavy (non-hydrogen) atoms. The van der Waals surface area contributed by atoms with Gasteiger partial charge in [-0.2, -0.15) is 0 Å². The van der Waals surface area contributed by atoms with Gasteiger partial charge in [0.05, 0.1) is 22.3 Å². The second-order valence-corrected chi connectivity index (χ2v) is 8.64. The number of hydrogen-bond donors (Lipinski definition) is 1. The fourth-order valence-corrected chi connectivity index (χ4v) is 4.64. The Morgan fingerprint density at radius 1 is 1.06 bits per heavy atom. The highest BCUT2D eigenvalue weighted by molar-refractivity contribution is 6.08. The van der Waals surface area contributed by atoms with E-state index in [-0.39, 0.29) is 34.6 Å². The molecule has 0 aliphatic heterocycles. The van der Waals surface area contributed by atoms with Crippen LogP contribution >= 0.6 is 0 Å². The highest BCUT2D eigenvalue weighted by atomic mass is 19.1. The Kier molecular flexibility index (Phi) is 5.48. The molecule has 1 amide bonds. The van der Waals surface area contributed by atoms with Crippen molar-refractivity contribution in [2.75, 3.05) is 0 Å². The molecule has 7 heteroatoms. The van der Waals surface area contributed by atoms with Crippen molar-refractivity contribution in [3.63, 3.8) is 0 Å². The first-order chi connectivity index (χ1) is 16.4. The van der Waals surface area contributed by atoms with Crippen molar-refractivity contribution in [3.8, 4) is 5.69 Å². The predicted molar refractivity (Wildman–Crippen MR) is 126 cm³/mol. The Morgan fingerprint density at radius 2 is 1.79 bits per heavy atom. The van der Waals surface area contributed by atoms with Gasteiger partial charge in [0.1, 0.15) is 11.6 Å². The molecule has 1 aliphatic rings. The predicted octanol–water partition coefficient (Wildman–Crippen LogP) is 5.09. The monoisotopic (exact) mass is 459 g/mol. The largest absolute Gasteiger partial charge is 0.348 e. The number of carbonyl (C=O) groups excluding carboxylic acids is 1. The highest BCUT2D eigenvalue weighted by Gasteiger charge is 2.29. The Balaban J connectivity index is 1.63. The zero-order valence-corrected chi connectivity index (χ0v) is 18.9. The third-order valence-electron chi connectivity index (χ3n) is 6.41. The van der Waals surface area contributed by atoms with Crippen LogP contribution in [0.15, 0.2) is 59.5 Å². The van der Waals surface area contributed by atoms with Crippen molar-refractivity contribution in [1.29, 1.82) is 0 Å². The number of nitrogens with one attached hydrogen (secondary N) is 1. The number of amides is 1. The topological polar surface area (TPSA) is 64.0 Å². The van der Waals surface area contributed by atoms with Crippen LogP contribution in [-0.4, -0.2) is 15.5 Å². The van der Waals surface area contributed by atoms with Crippen molar-refractivity contribution in [1.82, 2.24) is 14.9 Å². The number of aromatic nitrogens is 2. The van der Waals surface area contributed by atoms with Crippen molar-refractivity contribution in [2.24, 2.45) is 0 Å². The van der Waals surface area contributed by atoms with Gasteiger partial charge in [-0.25, -0.2) is 8.78 Å². The summed E-state index contributed by atoms with van der Waals surface area (Å²) in [5.74, 6) is -1.25. The number of nitrogens with zero attached hydrogens (tertiary/aromatic N) is 2. The lowest BCUT2D eigenvalue weighted by Crippen LogP contribution is -2.30. The van der Waals surface area contributed by atoms with Gasteiger partial charge in [0.15, 0.2) is 0 Å². The molecule has 5 rings (SSSR count). The number of pyridine rings is 2. The summed E-state index contributed by atoms with van der Waals surface area (Å²) >= 11 is 0. The van der Waals surface area contributed by atoms with E-state index in [1.807, 2.05) is 6.07 Å².